The summed E-state index contributed by atoms with van der Waals surface area (Å²) in [5.74, 6) is -1.04. The van der Waals surface area contributed by atoms with Gasteiger partial charge in [-0.05, 0) is 24.3 Å². The maximum Gasteiger partial charge on any atom is 0.371 e. The van der Waals surface area contributed by atoms with Crippen LogP contribution in [0.5, 0.6) is 5.75 Å². The minimum atomic E-state index is -1.12. The minimum absolute atomic E-state index is 0.126. The highest BCUT2D eigenvalue weighted by atomic mass is 35.5. The number of phenols is 1. The Morgan fingerprint density at radius 3 is 2.54 bits per heavy atom. The molecule has 4 rings (SSSR count). The van der Waals surface area contributed by atoms with Gasteiger partial charge in [0.05, 0.1) is 10.7 Å². The lowest BCUT2D eigenvalue weighted by molar-refractivity contribution is 0.0665. The van der Waals surface area contributed by atoms with Crippen molar-refractivity contribution in [3.8, 4) is 5.75 Å². The zero-order valence-electron chi connectivity index (χ0n) is 14.9. The summed E-state index contributed by atoms with van der Waals surface area (Å²) >= 11 is 12.8. The molecule has 1 aliphatic rings. The first-order chi connectivity index (χ1) is 13.4. The third kappa shape index (κ3) is 3.51. The molecular formula is C20H18Cl2N2O4. The van der Waals surface area contributed by atoms with E-state index in [1.54, 1.807) is 24.3 Å². The van der Waals surface area contributed by atoms with Crippen molar-refractivity contribution in [1.82, 2.24) is 4.90 Å². The van der Waals surface area contributed by atoms with Gasteiger partial charge in [-0.15, -0.1) is 0 Å². The number of carboxylic acid groups (broad SMARTS) is 1. The molecule has 8 heteroatoms. The molecule has 0 unspecified atom stereocenters. The van der Waals surface area contributed by atoms with Crippen LogP contribution in [-0.2, 0) is 6.54 Å². The second-order valence-corrected chi connectivity index (χ2v) is 7.51. The third-order valence-electron chi connectivity index (χ3n) is 5.01. The number of carbonyl (C=O) groups is 1. The first-order valence-corrected chi connectivity index (χ1v) is 9.58. The molecule has 0 saturated carbocycles. The average Bonchev–Trinajstić information content (AvgIpc) is 3.12. The summed E-state index contributed by atoms with van der Waals surface area (Å²) in [4.78, 5) is 15.5. The van der Waals surface area contributed by atoms with E-state index in [0.29, 0.717) is 27.6 Å². The van der Waals surface area contributed by atoms with Crippen molar-refractivity contribution in [2.24, 2.45) is 0 Å². The molecule has 1 aromatic heterocycles. The molecule has 1 saturated heterocycles. The van der Waals surface area contributed by atoms with Crippen molar-refractivity contribution < 1.29 is 19.4 Å². The topological polar surface area (TPSA) is 77.2 Å². The lowest BCUT2D eigenvalue weighted by Crippen LogP contribution is -2.46. The number of halogens is 2. The van der Waals surface area contributed by atoms with Crippen LogP contribution in [0.15, 0.2) is 40.8 Å². The van der Waals surface area contributed by atoms with Crippen molar-refractivity contribution >= 4 is 45.8 Å². The van der Waals surface area contributed by atoms with Gasteiger partial charge in [0.25, 0.3) is 0 Å². The quantitative estimate of drug-likeness (QED) is 0.648. The number of piperazine rings is 1. The number of aromatic hydroxyl groups is 1. The molecule has 2 heterocycles. The zero-order valence-corrected chi connectivity index (χ0v) is 16.4. The minimum Gasteiger partial charge on any atom is -0.508 e. The molecule has 0 spiro atoms. The van der Waals surface area contributed by atoms with E-state index in [1.165, 1.54) is 6.07 Å². The number of benzene rings is 2. The summed E-state index contributed by atoms with van der Waals surface area (Å²) in [6, 6.07) is 10.2. The van der Waals surface area contributed by atoms with Crippen molar-refractivity contribution in [2.45, 2.75) is 6.54 Å². The van der Waals surface area contributed by atoms with Crippen LogP contribution in [0.2, 0.25) is 10.0 Å². The van der Waals surface area contributed by atoms with E-state index < -0.39 is 5.97 Å². The van der Waals surface area contributed by atoms with Gasteiger partial charge in [-0.25, -0.2) is 4.79 Å². The van der Waals surface area contributed by atoms with Crippen molar-refractivity contribution in [1.29, 1.82) is 0 Å². The largest absolute Gasteiger partial charge is 0.508 e. The predicted molar refractivity (Wildman–Crippen MR) is 109 cm³/mol. The Labute approximate surface area is 171 Å². The third-order valence-corrected chi connectivity index (χ3v) is 5.77. The smallest absolute Gasteiger partial charge is 0.371 e. The molecule has 0 aliphatic carbocycles. The highest BCUT2D eigenvalue weighted by Crippen LogP contribution is 2.36. The normalized spacial score (nSPS) is 15.3. The van der Waals surface area contributed by atoms with Crippen LogP contribution in [0, 0.1) is 0 Å². The van der Waals surface area contributed by atoms with Crippen molar-refractivity contribution in [3.63, 3.8) is 0 Å². The Kier molecular flexibility index (Phi) is 5.10. The number of nitrogens with zero attached hydrogens (tertiary/aromatic N) is 2. The summed E-state index contributed by atoms with van der Waals surface area (Å²) in [5.41, 5.74) is 2.04. The Morgan fingerprint density at radius 1 is 1.11 bits per heavy atom. The molecule has 146 valence electrons. The number of rotatable bonds is 4. The molecular weight excluding hydrogens is 403 g/mol. The van der Waals surface area contributed by atoms with E-state index in [2.05, 4.69) is 9.80 Å². The van der Waals surface area contributed by atoms with Gasteiger partial charge in [-0.1, -0.05) is 29.3 Å². The molecule has 1 aliphatic heterocycles. The number of aromatic carboxylic acids is 1. The summed E-state index contributed by atoms with van der Waals surface area (Å²) in [6.45, 7) is 3.64. The second-order valence-electron chi connectivity index (χ2n) is 6.73. The van der Waals surface area contributed by atoms with Crippen LogP contribution < -0.4 is 4.90 Å². The Bertz CT molecular complexity index is 1020. The van der Waals surface area contributed by atoms with E-state index in [4.69, 9.17) is 32.7 Å². The lowest BCUT2D eigenvalue weighted by Gasteiger charge is -2.36. The fourth-order valence-corrected chi connectivity index (χ4v) is 4.05. The number of phenolic OH excluding ortho intramolecular Hbond substituents is 1. The van der Waals surface area contributed by atoms with Gasteiger partial charge in [0.1, 0.15) is 11.3 Å². The van der Waals surface area contributed by atoms with Gasteiger partial charge in [0.15, 0.2) is 0 Å². The molecule has 6 nitrogen and oxygen atoms in total. The molecule has 0 amide bonds. The maximum absolute atomic E-state index is 11.1. The first kappa shape index (κ1) is 18.9. The first-order valence-electron chi connectivity index (χ1n) is 8.83. The van der Waals surface area contributed by atoms with Gasteiger partial charge in [-0.2, -0.15) is 0 Å². The van der Waals surface area contributed by atoms with Gasteiger partial charge in [-0.3, -0.25) is 4.90 Å². The SMILES string of the molecule is O=C(O)c1cc2c(Cl)c(N3CCN(Cc4c(O)cccc4Cl)CC3)ccc2o1. The zero-order chi connectivity index (χ0) is 19.8. The summed E-state index contributed by atoms with van der Waals surface area (Å²) < 4.78 is 5.31. The van der Waals surface area contributed by atoms with Gasteiger partial charge in [0, 0.05) is 54.8 Å². The fourth-order valence-electron chi connectivity index (χ4n) is 3.49. The van der Waals surface area contributed by atoms with Crippen LogP contribution in [0.1, 0.15) is 16.1 Å². The average molecular weight is 421 g/mol. The van der Waals surface area contributed by atoms with Crippen LogP contribution in [0.3, 0.4) is 0 Å². The number of hydrogen-bond donors (Lipinski definition) is 2. The molecule has 3 aromatic rings. The number of hydrogen-bond acceptors (Lipinski definition) is 5. The Balaban J connectivity index is 1.49. The highest BCUT2D eigenvalue weighted by molar-refractivity contribution is 6.38. The monoisotopic (exact) mass is 420 g/mol. The van der Waals surface area contributed by atoms with E-state index in [-0.39, 0.29) is 11.5 Å². The molecule has 0 atom stereocenters. The van der Waals surface area contributed by atoms with E-state index >= 15 is 0 Å². The van der Waals surface area contributed by atoms with Crippen LogP contribution in [0.4, 0.5) is 5.69 Å². The van der Waals surface area contributed by atoms with Gasteiger partial charge < -0.3 is 19.5 Å². The molecule has 0 radical (unpaired) electrons. The molecule has 0 bridgehead atoms. The molecule has 2 aromatic carbocycles. The number of anilines is 1. The van der Waals surface area contributed by atoms with Gasteiger partial charge in [0.2, 0.25) is 5.76 Å². The summed E-state index contributed by atoms with van der Waals surface area (Å²) in [5, 5.41) is 20.8. The maximum atomic E-state index is 11.1. The van der Waals surface area contributed by atoms with Crippen molar-refractivity contribution in [2.75, 3.05) is 31.1 Å². The van der Waals surface area contributed by atoms with Crippen molar-refractivity contribution in [3.05, 3.63) is 57.8 Å². The number of carboxylic acids is 1. The van der Waals surface area contributed by atoms with E-state index in [1.807, 2.05) is 6.07 Å². The highest BCUT2D eigenvalue weighted by Gasteiger charge is 2.23. The lowest BCUT2D eigenvalue weighted by atomic mass is 10.1. The second kappa shape index (κ2) is 7.54. The fraction of sp³-hybridized carbons (Fsp3) is 0.250. The summed E-state index contributed by atoms with van der Waals surface area (Å²) in [7, 11) is 0. The summed E-state index contributed by atoms with van der Waals surface area (Å²) in [6.07, 6.45) is 0. The van der Waals surface area contributed by atoms with Gasteiger partial charge >= 0.3 is 5.97 Å². The molecule has 28 heavy (non-hydrogen) atoms. The molecule has 1 fully saturated rings. The van der Waals surface area contributed by atoms with Crippen LogP contribution in [-0.4, -0.2) is 47.3 Å². The van der Waals surface area contributed by atoms with Crippen LogP contribution in [0.25, 0.3) is 11.0 Å². The van der Waals surface area contributed by atoms with Crippen LogP contribution >= 0.6 is 23.2 Å². The standard InChI is InChI=1S/C20H18Cl2N2O4/c21-14-2-1-3-16(25)13(14)11-23-6-8-24(9-7-23)15-4-5-17-12(19(15)22)10-18(28-17)20(26)27/h1-5,10,25H,6-9,11H2,(H,26,27). The number of furan rings is 1. The predicted octanol–water partition coefficient (Wildman–Crippen LogP) is 4.47. The Morgan fingerprint density at radius 2 is 1.86 bits per heavy atom. The van der Waals surface area contributed by atoms with E-state index in [9.17, 15) is 9.90 Å². The number of fused-ring (bicyclic) bond motifs is 1. The molecule has 2 N–H and O–H groups in total. The van der Waals surface area contributed by atoms with E-state index in [0.717, 1.165) is 37.4 Å². The Hall–Kier alpha value is -2.41.